The van der Waals surface area contributed by atoms with Crippen molar-refractivity contribution in [1.82, 2.24) is 24.5 Å². The fraction of sp³-hybridized carbons (Fsp3) is 0.286. The van der Waals surface area contributed by atoms with Crippen LogP contribution in [-0.2, 0) is 11.8 Å². The van der Waals surface area contributed by atoms with Crippen LogP contribution in [0.5, 0.6) is 0 Å². The lowest BCUT2D eigenvalue weighted by molar-refractivity contribution is -0.119. The van der Waals surface area contributed by atoms with Crippen LogP contribution in [0.15, 0.2) is 24.5 Å². The number of pyridine rings is 1. The maximum absolute atomic E-state index is 13.6. The number of carbonyl (C=O) groups excluding carboxylic acids is 2. The molecule has 0 radical (unpaired) electrons. The molecule has 33 heavy (non-hydrogen) atoms. The number of aromatic nitrogens is 5. The first kappa shape index (κ1) is 22.5. The molecule has 0 bridgehead atoms. The predicted molar refractivity (Wildman–Crippen MR) is 120 cm³/mol. The van der Waals surface area contributed by atoms with Gasteiger partial charge in [0.05, 0.1) is 17.1 Å². The molecule has 0 fully saturated rings. The van der Waals surface area contributed by atoms with E-state index in [1.807, 2.05) is 0 Å². The van der Waals surface area contributed by atoms with Crippen molar-refractivity contribution in [1.29, 1.82) is 0 Å². The van der Waals surface area contributed by atoms with E-state index < -0.39 is 30.0 Å². The van der Waals surface area contributed by atoms with E-state index in [1.165, 1.54) is 10.7 Å². The molecule has 4 heterocycles. The summed E-state index contributed by atoms with van der Waals surface area (Å²) in [6.07, 6.45) is 0.522. The number of alkyl halides is 2. The number of halogens is 2. The topological polar surface area (TPSA) is 121 Å². The first-order chi connectivity index (χ1) is 15.6. The summed E-state index contributed by atoms with van der Waals surface area (Å²) >= 11 is 0.855. The Hall–Kier alpha value is -3.67. The summed E-state index contributed by atoms with van der Waals surface area (Å²) in [6.45, 7) is 5.19. The number of nitrogens with two attached hydrogens (primary N) is 1. The molecule has 4 rings (SSSR count). The van der Waals surface area contributed by atoms with Gasteiger partial charge < -0.3 is 11.1 Å². The number of rotatable bonds is 6. The summed E-state index contributed by atoms with van der Waals surface area (Å²) in [5.74, 6) is -1.25. The number of anilines is 1. The van der Waals surface area contributed by atoms with Crippen LogP contribution in [-0.4, -0.2) is 36.4 Å². The lowest BCUT2D eigenvalue weighted by Crippen LogP contribution is -2.25. The molecule has 1 atom stereocenters. The van der Waals surface area contributed by atoms with Crippen LogP contribution in [0.2, 0.25) is 0 Å². The van der Waals surface area contributed by atoms with Gasteiger partial charge in [0.1, 0.15) is 21.4 Å². The summed E-state index contributed by atoms with van der Waals surface area (Å²) in [5, 5.41) is 11.7. The zero-order valence-corrected chi connectivity index (χ0v) is 19.1. The number of hydrogen-bond acceptors (Lipinski definition) is 6. The van der Waals surface area contributed by atoms with E-state index in [0.29, 0.717) is 22.2 Å². The molecular weight excluding hydrogens is 452 g/mol. The summed E-state index contributed by atoms with van der Waals surface area (Å²) in [5.41, 5.74) is 7.55. The third-order valence-corrected chi connectivity index (χ3v) is 6.30. The highest BCUT2D eigenvalue weighted by Gasteiger charge is 2.27. The molecule has 4 aromatic rings. The Kier molecular flexibility index (Phi) is 5.70. The maximum atomic E-state index is 13.6. The van der Waals surface area contributed by atoms with Gasteiger partial charge in [-0.15, -0.1) is 11.3 Å². The fourth-order valence-electron chi connectivity index (χ4n) is 3.59. The van der Waals surface area contributed by atoms with Crippen LogP contribution in [0.3, 0.4) is 0 Å². The predicted octanol–water partition coefficient (Wildman–Crippen LogP) is 3.75. The Morgan fingerprint density at radius 3 is 2.48 bits per heavy atom. The Balaban J connectivity index is 1.92. The van der Waals surface area contributed by atoms with Crippen LogP contribution in [0, 0.1) is 13.8 Å². The number of primary amides is 1. The smallest absolute Gasteiger partial charge is 0.280 e. The standard InChI is InChI=1S/C21H21F2N7O2S/c1-9-5-6-30(27-9)11(3)20(32)26-16-15-12(13-8-29(4)28-10(13)2)7-14(18(22)23)25-21(15)33-17(16)19(24)31/h5-8,11,18H,1-4H3,(H2,24,31)(H,26,32). The quantitative estimate of drug-likeness (QED) is 0.442. The van der Waals surface area contributed by atoms with Crippen molar-refractivity contribution in [3.63, 3.8) is 0 Å². The van der Waals surface area contributed by atoms with Gasteiger partial charge in [0.25, 0.3) is 12.3 Å². The van der Waals surface area contributed by atoms with Crippen molar-refractivity contribution in [2.24, 2.45) is 12.8 Å². The van der Waals surface area contributed by atoms with E-state index >= 15 is 0 Å². The number of aryl methyl sites for hydroxylation is 3. The van der Waals surface area contributed by atoms with Crippen molar-refractivity contribution >= 4 is 39.1 Å². The Bertz CT molecular complexity index is 1390. The lowest BCUT2D eigenvalue weighted by atomic mass is 10.0. The number of nitrogens with zero attached hydrogens (tertiary/aromatic N) is 5. The summed E-state index contributed by atoms with van der Waals surface area (Å²) < 4.78 is 30.3. The zero-order valence-electron chi connectivity index (χ0n) is 18.3. The van der Waals surface area contributed by atoms with Gasteiger partial charge in [-0.25, -0.2) is 13.8 Å². The maximum Gasteiger partial charge on any atom is 0.280 e. The first-order valence-corrected chi connectivity index (χ1v) is 10.8. The molecule has 9 nitrogen and oxygen atoms in total. The lowest BCUT2D eigenvalue weighted by Gasteiger charge is -2.14. The molecule has 12 heteroatoms. The molecule has 0 spiro atoms. The van der Waals surface area contributed by atoms with Gasteiger partial charge in [-0.1, -0.05) is 0 Å². The van der Waals surface area contributed by atoms with Gasteiger partial charge >= 0.3 is 0 Å². The molecule has 2 amide bonds. The highest BCUT2D eigenvalue weighted by Crippen LogP contribution is 2.43. The van der Waals surface area contributed by atoms with E-state index in [4.69, 9.17) is 5.73 Å². The normalized spacial score (nSPS) is 12.5. The molecule has 3 N–H and O–H groups in total. The van der Waals surface area contributed by atoms with Crippen molar-refractivity contribution < 1.29 is 18.4 Å². The molecule has 0 aliphatic rings. The molecule has 172 valence electrons. The molecule has 0 aliphatic heterocycles. The molecule has 1 unspecified atom stereocenters. The number of fused-ring (bicyclic) bond motifs is 1. The number of thiophene rings is 1. The SMILES string of the molecule is Cc1ccn(C(C)C(=O)Nc2c(C(N)=O)sc3nc(C(F)F)cc(-c4cn(C)nc4C)c23)n1. The van der Waals surface area contributed by atoms with Crippen LogP contribution in [0.1, 0.15) is 46.1 Å². The van der Waals surface area contributed by atoms with Gasteiger partial charge in [-0.2, -0.15) is 10.2 Å². The van der Waals surface area contributed by atoms with Crippen LogP contribution in [0.4, 0.5) is 14.5 Å². The summed E-state index contributed by atoms with van der Waals surface area (Å²) in [4.78, 5) is 29.5. The first-order valence-electron chi connectivity index (χ1n) is 9.95. The number of hydrogen-bond donors (Lipinski definition) is 2. The molecule has 0 aromatic carbocycles. The van der Waals surface area contributed by atoms with Crippen molar-refractivity contribution in [3.8, 4) is 11.1 Å². The molecule has 0 saturated heterocycles. The molecule has 0 aliphatic carbocycles. The van der Waals surface area contributed by atoms with Gasteiger partial charge in [-0.3, -0.25) is 19.0 Å². The largest absolute Gasteiger partial charge is 0.365 e. The van der Waals surface area contributed by atoms with E-state index in [2.05, 4.69) is 20.5 Å². The van der Waals surface area contributed by atoms with E-state index in [-0.39, 0.29) is 15.4 Å². The zero-order chi connectivity index (χ0) is 24.0. The number of carbonyl (C=O) groups is 2. The highest BCUT2D eigenvalue weighted by molar-refractivity contribution is 7.21. The fourth-order valence-corrected chi connectivity index (χ4v) is 4.61. The van der Waals surface area contributed by atoms with Crippen molar-refractivity contribution in [2.75, 3.05) is 5.32 Å². The van der Waals surface area contributed by atoms with Crippen molar-refractivity contribution in [2.45, 2.75) is 33.2 Å². The third-order valence-electron chi connectivity index (χ3n) is 5.20. The molecule has 4 aromatic heterocycles. The Morgan fingerprint density at radius 1 is 1.21 bits per heavy atom. The highest BCUT2D eigenvalue weighted by atomic mass is 32.1. The second-order valence-electron chi connectivity index (χ2n) is 7.65. The van der Waals surface area contributed by atoms with Gasteiger partial charge in [-0.05, 0) is 38.5 Å². The second kappa shape index (κ2) is 8.35. The van der Waals surface area contributed by atoms with E-state index in [0.717, 1.165) is 17.0 Å². The molecular formula is C21H21F2N7O2S. The van der Waals surface area contributed by atoms with Gasteiger partial charge in [0.2, 0.25) is 5.91 Å². The van der Waals surface area contributed by atoms with Crippen molar-refractivity contribution in [3.05, 3.63) is 46.5 Å². The Labute approximate surface area is 191 Å². The second-order valence-corrected chi connectivity index (χ2v) is 8.65. The minimum absolute atomic E-state index is 0.0175. The number of nitrogens with one attached hydrogen (secondary N) is 1. The number of amides is 2. The van der Waals surface area contributed by atoms with Crippen LogP contribution < -0.4 is 11.1 Å². The minimum Gasteiger partial charge on any atom is -0.365 e. The monoisotopic (exact) mass is 473 g/mol. The van der Waals surface area contributed by atoms with E-state index in [9.17, 15) is 18.4 Å². The Morgan fingerprint density at radius 2 is 1.94 bits per heavy atom. The average Bonchev–Trinajstić information content (AvgIpc) is 3.43. The van der Waals surface area contributed by atoms with Crippen LogP contribution in [0.25, 0.3) is 21.3 Å². The summed E-state index contributed by atoms with van der Waals surface area (Å²) in [7, 11) is 1.71. The minimum atomic E-state index is -2.83. The average molecular weight is 474 g/mol. The third kappa shape index (κ3) is 4.09. The van der Waals surface area contributed by atoms with Gasteiger partial charge in [0.15, 0.2) is 0 Å². The van der Waals surface area contributed by atoms with E-state index in [1.54, 1.807) is 51.0 Å². The van der Waals surface area contributed by atoms with Gasteiger partial charge in [0, 0.05) is 30.4 Å². The summed E-state index contributed by atoms with van der Waals surface area (Å²) in [6, 6.07) is 2.31. The van der Waals surface area contributed by atoms with Crippen LogP contribution >= 0.6 is 11.3 Å². The molecule has 0 saturated carbocycles.